The smallest absolute Gasteiger partial charge is 0.191 e. The van der Waals surface area contributed by atoms with Crippen LogP contribution in [0.25, 0.3) is 0 Å². The summed E-state index contributed by atoms with van der Waals surface area (Å²) in [5, 5.41) is 16.7. The van der Waals surface area contributed by atoms with Crippen molar-refractivity contribution in [3.63, 3.8) is 0 Å². The third-order valence-corrected chi connectivity index (χ3v) is 5.33. The molecule has 0 saturated carbocycles. The molecule has 0 amide bonds. The van der Waals surface area contributed by atoms with Crippen molar-refractivity contribution < 1.29 is 18.6 Å². The first kappa shape index (κ1) is 22.8. The topological polar surface area (TPSA) is 69.1 Å². The van der Waals surface area contributed by atoms with Crippen molar-refractivity contribution in [3.05, 3.63) is 59.2 Å². The van der Waals surface area contributed by atoms with Crippen molar-refractivity contribution in [2.24, 2.45) is 4.99 Å². The number of hydrogen-bond acceptors (Lipinski definition) is 4. The van der Waals surface area contributed by atoms with Gasteiger partial charge in [-0.3, -0.25) is 4.90 Å². The zero-order valence-corrected chi connectivity index (χ0v) is 18.0. The average Bonchev–Trinajstić information content (AvgIpc) is 2.76. The number of phenols is 1. The normalized spacial score (nSPS) is 15.7. The van der Waals surface area contributed by atoms with Gasteiger partial charge in [0.1, 0.15) is 0 Å². The quantitative estimate of drug-likeness (QED) is 0.462. The number of phenolic OH excluding ortho intramolecular Hbond substituents is 1. The monoisotopic (exact) mass is 432 g/mol. The van der Waals surface area contributed by atoms with E-state index in [1.165, 1.54) is 19.2 Å². The molecule has 1 fully saturated rings. The van der Waals surface area contributed by atoms with Crippen LogP contribution in [-0.2, 0) is 13.1 Å². The summed E-state index contributed by atoms with van der Waals surface area (Å²) in [6.45, 7) is 5.53. The Labute approximate surface area is 181 Å². The number of aliphatic imine (C=N–C) groups is 1. The van der Waals surface area contributed by atoms with E-state index in [1.54, 1.807) is 18.2 Å². The molecule has 1 saturated heterocycles. The van der Waals surface area contributed by atoms with Gasteiger partial charge in [0.2, 0.25) is 0 Å². The van der Waals surface area contributed by atoms with Gasteiger partial charge in [-0.2, -0.15) is 0 Å². The number of rotatable bonds is 7. The van der Waals surface area contributed by atoms with Gasteiger partial charge in [-0.05, 0) is 55.2 Å². The second kappa shape index (κ2) is 10.9. The van der Waals surface area contributed by atoms with Crippen LogP contribution in [0.5, 0.6) is 11.5 Å². The predicted octanol–water partition coefficient (Wildman–Crippen LogP) is 3.40. The van der Waals surface area contributed by atoms with Gasteiger partial charge in [0.05, 0.1) is 13.7 Å². The van der Waals surface area contributed by atoms with Gasteiger partial charge < -0.3 is 20.5 Å². The van der Waals surface area contributed by atoms with Crippen LogP contribution in [0.1, 0.15) is 30.9 Å². The number of nitrogens with zero attached hydrogens (tertiary/aromatic N) is 2. The number of likely N-dealkylation sites (tertiary alicyclic amines) is 1. The van der Waals surface area contributed by atoms with Crippen molar-refractivity contribution in [3.8, 4) is 11.5 Å². The molecule has 8 heteroatoms. The number of ether oxygens (including phenoxy) is 1. The lowest BCUT2D eigenvalue weighted by Gasteiger charge is -2.33. The molecule has 0 atom stereocenters. The Bertz CT molecular complexity index is 899. The second-order valence-electron chi connectivity index (χ2n) is 7.64. The number of halogens is 2. The van der Waals surface area contributed by atoms with Crippen LogP contribution in [0.2, 0.25) is 0 Å². The van der Waals surface area contributed by atoms with Crippen LogP contribution in [0.3, 0.4) is 0 Å². The Hall–Kier alpha value is -2.87. The van der Waals surface area contributed by atoms with Gasteiger partial charge in [0.25, 0.3) is 0 Å². The maximum absolute atomic E-state index is 13.4. The summed E-state index contributed by atoms with van der Waals surface area (Å²) in [7, 11) is 1.52. The number of piperidine rings is 1. The van der Waals surface area contributed by atoms with E-state index in [-0.39, 0.29) is 11.8 Å². The van der Waals surface area contributed by atoms with E-state index in [4.69, 9.17) is 4.74 Å². The van der Waals surface area contributed by atoms with Gasteiger partial charge in [-0.25, -0.2) is 13.8 Å². The zero-order chi connectivity index (χ0) is 22.2. The van der Waals surface area contributed by atoms with Crippen molar-refractivity contribution in [2.45, 2.75) is 38.9 Å². The van der Waals surface area contributed by atoms with Gasteiger partial charge in [-0.1, -0.05) is 12.1 Å². The molecule has 168 valence electrons. The first-order chi connectivity index (χ1) is 15.0. The third kappa shape index (κ3) is 6.55. The lowest BCUT2D eigenvalue weighted by molar-refractivity contribution is 0.198. The average molecular weight is 433 g/mol. The fourth-order valence-corrected chi connectivity index (χ4v) is 3.65. The number of nitrogens with one attached hydrogen (secondary N) is 2. The SMILES string of the molecule is CCNC(=NCc1ccc(OC)c(O)c1)NC1CCN(Cc2ccc(F)c(F)c2)CC1. The minimum Gasteiger partial charge on any atom is -0.504 e. The second-order valence-corrected chi connectivity index (χ2v) is 7.64. The molecule has 6 nitrogen and oxygen atoms in total. The third-order valence-electron chi connectivity index (χ3n) is 5.33. The summed E-state index contributed by atoms with van der Waals surface area (Å²) < 4.78 is 31.6. The molecule has 2 aromatic carbocycles. The molecule has 0 unspecified atom stereocenters. The molecule has 0 aromatic heterocycles. The number of benzene rings is 2. The molecule has 0 spiro atoms. The molecule has 0 radical (unpaired) electrons. The number of guanidine groups is 1. The summed E-state index contributed by atoms with van der Waals surface area (Å²) in [5.74, 6) is -0.344. The maximum Gasteiger partial charge on any atom is 0.191 e. The first-order valence-corrected chi connectivity index (χ1v) is 10.6. The van der Waals surface area contributed by atoms with E-state index in [0.717, 1.165) is 49.6 Å². The number of hydrogen-bond donors (Lipinski definition) is 3. The van der Waals surface area contributed by atoms with Crippen LogP contribution >= 0.6 is 0 Å². The summed E-state index contributed by atoms with van der Waals surface area (Å²) in [4.78, 5) is 6.88. The van der Waals surface area contributed by atoms with Gasteiger partial charge in [0, 0.05) is 32.2 Å². The van der Waals surface area contributed by atoms with E-state index >= 15 is 0 Å². The van der Waals surface area contributed by atoms with Crippen LogP contribution in [0.4, 0.5) is 8.78 Å². The molecule has 1 heterocycles. The molecule has 1 aliphatic heterocycles. The highest BCUT2D eigenvalue weighted by Gasteiger charge is 2.20. The highest BCUT2D eigenvalue weighted by Crippen LogP contribution is 2.26. The molecule has 1 aliphatic rings. The summed E-state index contributed by atoms with van der Waals surface area (Å²) >= 11 is 0. The van der Waals surface area contributed by atoms with Gasteiger partial charge in [-0.15, -0.1) is 0 Å². The fraction of sp³-hybridized carbons (Fsp3) is 0.435. The van der Waals surface area contributed by atoms with Crippen molar-refractivity contribution in [2.75, 3.05) is 26.7 Å². The van der Waals surface area contributed by atoms with Crippen molar-refractivity contribution in [1.29, 1.82) is 0 Å². The van der Waals surface area contributed by atoms with E-state index in [2.05, 4.69) is 20.5 Å². The standard InChI is InChI=1S/C23H30F2N4O2/c1-3-26-23(27-14-16-5-7-22(31-2)21(30)13-16)28-18-8-10-29(11-9-18)15-17-4-6-19(24)20(25)12-17/h4-7,12-13,18,30H,3,8-11,14-15H2,1-2H3,(H2,26,27,28). The summed E-state index contributed by atoms with van der Waals surface area (Å²) in [6.07, 6.45) is 1.86. The molecule has 0 aliphatic carbocycles. The van der Waals surface area contributed by atoms with Crippen molar-refractivity contribution in [1.82, 2.24) is 15.5 Å². The largest absolute Gasteiger partial charge is 0.504 e. The zero-order valence-electron chi connectivity index (χ0n) is 18.0. The highest BCUT2D eigenvalue weighted by atomic mass is 19.2. The van der Waals surface area contributed by atoms with Crippen molar-refractivity contribution >= 4 is 5.96 Å². The van der Waals surface area contributed by atoms with Gasteiger partial charge in [0.15, 0.2) is 29.1 Å². The molecule has 2 aromatic rings. The summed E-state index contributed by atoms with van der Waals surface area (Å²) in [5.41, 5.74) is 1.67. The maximum atomic E-state index is 13.4. The predicted molar refractivity (Wildman–Crippen MR) is 117 cm³/mol. The molecule has 31 heavy (non-hydrogen) atoms. The molecular formula is C23H30F2N4O2. The molecule has 3 rings (SSSR count). The van der Waals surface area contributed by atoms with Crippen LogP contribution in [0.15, 0.2) is 41.4 Å². The molecule has 0 bridgehead atoms. The minimum atomic E-state index is -0.813. The Balaban J connectivity index is 1.52. The van der Waals surface area contributed by atoms with E-state index in [1.807, 2.05) is 13.0 Å². The fourth-order valence-electron chi connectivity index (χ4n) is 3.65. The Kier molecular flexibility index (Phi) is 8.06. The van der Waals surface area contributed by atoms with Crippen LogP contribution in [0, 0.1) is 11.6 Å². The highest BCUT2D eigenvalue weighted by molar-refractivity contribution is 5.80. The Morgan fingerprint density at radius 2 is 1.87 bits per heavy atom. The minimum absolute atomic E-state index is 0.0987. The summed E-state index contributed by atoms with van der Waals surface area (Å²) in [6, 6.07) is 9.63. The lowest BCUT2D eigenvalue weighted by Crippen LogP contribution is -2.48. The number of aromatic hydroxyl groups is 1. The first-order valence-electron chi connectivity index (χ1n) is 10.6. The van der Waals surface area contributed by atoms with E-state index in [0.29, 0.717) is 18.8 Å². The molecule has 3 N–H and O–H groups in total. The lowest BCUT2D eigenvalue weighted by atomic mass is 10.0. The van der Waals surface area contributed by atoms with Crippen LogP contribution < -0.4 is 15.4 Å². The van der Waals surface area contributed by atoms with Crippen LogP contribution in [-0.4, -0.2) is 48.8 Å². The van der Waals surface area contributed by atoms with Gasteiger partial charge >= 0.3 is 0 Å². The number of methoxy groups -OCH3 is 1. The Morgan fingerprint density at radius 1 is 1.13 bits per heavy atom. The van der Waals surface area contributed by atoms with E-state index < -0.39 is 11.6 Å². The Morgan fingerprint density at radius 3 is 2.52 bits per heavy atom. The van der Waals surface area contributed by atoms with E-state index in [9.17, 15) is 13.9 Å². The molecular weight excluding hydrogens is 402 g/mol.